The fourth-order valence-electron chi connectivity index (χ4n) is 3.07. The van der Waals surface area contributed by atoms with Crippen LogP contribution in [-0.2, 0) is 16.2 Å². The minimum absolute atomic E-state index is 0.0643. The van der Waals surface area contributed by atoms with E-state index < -0.39 is 5.25 Å². The summed E-state index contributed by atoms with van der Waals surface area (Å²) in [5, 5.41) is 5.19. The molecule has 3 aromatic carbocycles. The maximum absolute atomic E-state index is 13.2. The minimum Gasteiger partial charge on any atom is -0.489 e. The van der Waals surface area contributed by atoms with E-state index in [1.807, 2.05) is 30.3 Å². The number of carbonyl (C=O) groups excluding carboxylic acids is 2. The zero-order chi connectivity index (χ0) is 20.9. The highest BCUT2D eigenvalue weighted by atomic mass is 32.2. The van der Waals surface area contributed by atoms with Crippen LogP contribution in [0.15, 0.2) is 77.7 Å². The molecule has 2 N–H and O–H groups in total. The first-order chi connectivity index (χ1) is 14.6. The van der Waals surface area contributed by atoms with Crippen LogP contribution in [0.25, 0.3) is 0 Å². The molecule has 30 heavy (non-hydrogen) atoms. The summed E-state index contributed by atoms with van der Waals surface area (Å²) >= 11 is 1.39. The molecule has 0 aliphatic carbocycles. The molecule has 7 heteroatoms. The quantitative estimate of drug-likeness (QED) is 0.596. The van der Waals surface area contributed by atoms with Crippen molar-refractivity contribution in [2.75, 3.05) is 10.6 Å². The van der Waals surface area contributed by atoms with Crippen LogP contribution in [0.5, 0.6) is 5.75 Å². The number of rotatable bonds is 6. The lowest BCUT2D eigenvalue weighted by molar-refractivity contribution is -0.120. The normalized spacial score (nSPS) is 15.1. The number of thioether (sulfide) groups is 1. The number of ether oxygens (including phenoxy) is 1. The van der Waals surface area contributed by atoms with Gasteiger partial charge < -0.3 is 15.4 Å². The summed E-state index contributed by atoms with van der Waals surface area (Å²) in [4.78, 5) is 25.7. The highest BCUT2D eigenvalue weighted by Gasteiger charge is 2.28. The Kier molecular flexibility index (Phi) is 5.99. The average molecular weight is 422 g/mol. The zero-order valence-electron chi connectivity index (χ0n) is 15.9. The highest BCUT2D eigenvalue weighted by molar-refractivity contribution is 8.01. The highest BCUT2D eigenvalue weighted by Crippen LogP contribution is 2.36. The second kappa shape index (κ2) is 9.00. The van der Waals surface area contributed by atoms with E-state index in [2.05, 4.69) is 10.6 Å². The van der Waals surface area contributed by atoms with E-state index in [-0.39, 0.29) is 30.7 Å². The van der Waals surface area contributed by atoms with Crippen molar-refractivity contribution < 1.29 is 18.7 Å². The number of fused-ring (bicyclic) bond motifs is 1. The van der Waals surface area contributed by atoms with Crippen molar-refractivity contribution in [3.05, 3.63) is 84.2 Å². The molecule has 0 fully saturated rings. The van der Waals surface area contributed by atoms with Crippen LogP contribution in [0.1, 0.15) is 12.0 Å². The molecule has 3 aromatic rings. The van der Waals surface area contributed by atoms with Crippen molar-refractivity contribution in [2.24, 2.45) is 0 Å². The summed E-state index contributed by atoms with van der Waals surface area (Å²) in [6.45, 7) is 0.241. The monoisotopic (exact) mass is 422 g/mol. The summed E-state index contributed by atoms with van der Waals surface area (Å²) in [6, 6.07) is 20.7. The van der Waals surface area contributed by atoms with E-state index in [4.69, 9.17) is 4.74 Å². The third kappa shape index (κ3) is 4.99. The molecule has 0 radical (unpaired) electrons. The molecular weight excluding hydrogens is 403 g/mol. The molecule has 0 unspecified atom stereocenters. The molecule has 1 aliphatic rings. The predicted molar refractivity (Wildman–Crippen MR) is 115 cm³/mol. The topological polar surface area (TPSA) is 67.4 Å². The lowest BCUT2D eigenvalue weighted by Crippen LogP contribution is -2.32. The van der Waals surface area contributed by atoms with Gasteiger partial charge in [0.25, 0.3) is 0 Å². The van der Waals surface area contributed by atoms with Gasteiger partial charge in [-0.2, -0.15) is 0 Å². The number of anilines is 2. The summed E-state index contributed by atoms with van der Waals surface area (Å²) in [6.07, 6.45) is 0.0643. The molecule has 0 bridgehead atoms. The number of benzene rings is 3. The largest absolute Gasteiger partial charge is 0.489 e. The van der Waals surface area contributed by atoms with Crippen LogP contribution in [-0.4, -0.2) is 17.1 Å². The van der Waals surface area contributed by atoms with Gasteiger partial charge in [-0.15, -0.1) is 11.8 Å². The van der Waals surface area contributed by atoms with Crippen LogP contribution in [0.3, 0.4) is 0 Å². The van der Waals surface area contributed by atoms with Gasteiger partial charge in [0.05, 0.1) is 10.9 Å². The molecule has 152 valence electrons. The Morgan fingerprint density at radius 3 is 2.77 bits per heavy atom. The standard InChI is InChI=1S/C23H19FN2O3S/c24-16-6-4-8-18(12-16)29-14-15-5-3-7-17(11-15)25-22(27)13-21-23(28)26-19-9-1-2-10-20(19)30-21/h1-12,21H,13-14H2,(H,25,27)(H,26,28)/t21-/m0/s1. The van der Waals surface area contributed by atoms with Crippen LogP contribution in [0, 0.1) is 5.82 Å². The Labute approximate surface area is 177 Å². The average Bonchev–Trinajstić information content (AvgIpc) is 2.73. The van der Waals surface area contributed by atoms with Gasteiger partial charge in [0, 0.05) is 23.1 Å². The molecule has 1 aliphatic heterocycles. The number of hydrogen-bond acceptors (Lipinski definition) is 4. The van der Waals surface area contributed by atoms with Gasteiger partial charge in [-0.3, -0.25) is 9.59 Å². The summed E-state index contributed by atoms with van der Waals surface area (Å²) < 4.78 is 18.8. The van der Waals surface area contributed by atoms with Gasteiger partial charge in [0.15, 0.2) is 0 Å². The number of amides is 2. The van der Waals surface area contributed by atoms with Gasteiger partial charge in [-0.05, 0) is 42.0 Å². The second-order valence-electron chi connectivity index (χ2n) is 6.79. The summed E-state index contributed by atoms with van der Waals surface area (Å²) in [5.41, 5.74) is 2.22. The molecule has 4 rings (SSSR count). The van der Waals surface area contributed by atoms with E-state index >= 15 is 0 Å². The first-order valence-electron chi connectivity index (χ1n) is 9.40. The Balaban J connectivity index is 1.34. The minimum atomic E-state index is -0.487. The molecule has 0 saturated carbocycles. The van der Waals surface area contributed by atoms with Crippen molar-refractivity contribution in [1.29, 1.82) is 0 Å². The molecule has 1 heterocycles. The number of hydrogen-bond donors (Lipinski definition) is 2. The van der Waals surface area contributed by atoms with Gasteiger partial charge >= 0.3 is 0 Å². The van der Waals surface area contributed by atoms with Crippen molar-refractivity contribution in [3.63, 3.8) is 0 Å². The zero-order valence-corrected chi connectivity index (χ0v) is 16.7. The molecular formula is C23H19FN2O3S. The first-order valence-corrected chi connectivity index (χ1v) is 10.3. The molecule has 0 aromatic heterocycles. The van der Waals surface area contributed by atoms with Crippen LogP contribution in [0.2, 0.25) is 0 Å². The molecule has 0 saturated heterocycles. The SMILES string of the molecule is O=C(C[C@@H]1Sc2ccccc2NC1=O)Nc1cccc(COc2cccc(F)c2)c1. The van der Waals surface area contributed by atoms with E-state index in [1.54, 1.807) is 30.3 Å². The summed E-state index contributed by atoms with van der Waals surface area (Å²) in [5.74, 6) is -0.345. The number of halogens is 1. The fraction of sp³-hybridized carbons (Fsp3) is 0.130. The van der Waals surface area contributed by atoms with Gasteiger partial charge in [0.2, 0.25) is 11.8 Å². The number of para-hydroxylation sites is 1. The third-order valence-corrected chi connectivity index (χ3v) is 5.76. The van der Waals surface area contributed by atoms with Crippen LogP contribution < -0.4 is 15.4 Å². The van der Waals surface area contributed by atoms with Gasteiger partial charge in [-0.25, -0.2) is 4.39 Å². The molecule has 1 atom stereocenters. The van der Waals surface area contributed by atoms with Crippen molar-refractivity contribution in [1.82, 2.24) is 0 Å². The second-order valence-corrected chi connectivity index (χ2v) is 8.04. The lowest BCUT2D eigenvalue weighted by Gasteiger charge is -2.23. The van der Waals surface area contributed by atoms with Gasteiger partial charge in [-0.1, -0.05) is 30.3 Å². The lowest BCUT2D eigenvalue weighted by atomic mass is 10.2. The molecule has 2 amide bonds. The van der Waals surface area contributed by atoms with E-state index in [9.17, 15) is 14.0 Å². The maximum Gasteiger partial charge on any atom is 0.238 e. The van der Waals surface area contributed by atoms with E-state index in [1.165, 1.54) is 23.9 Å². The number of carbonyl (C=O) groups is 2. The van der Waals surface area contributed by atoms with Crippen LogP contribution in [0.4, 0.5) is 15.8 Å². The van der Waals surface area contributed by atoms with Crippen molar-refractivity contribution in [3.8, 4) is 5.75 Å². The first kappa shape index (κ1) is 20.0. The van der Waals surface area contributed by atoms with Crippen LogP contribution >= 0.6 is 11.8 Å². The fourth-order valence-corrected chi connectivity index (χ4v) is 4.18. The van der Waals surface area contributed by atoms with Gasteiger partial charge in [0.1, 0.15) is 18.2 Å². The Bertz CT molecular complexity index is 1090. The summed E-state index contributed by atoms with van der Waals surface area (Å²) in [7, 11) is 0. The Hall–Kier alpha value is -3.32. The predicted octanol–water partition coefficient (Wildman–Crippen LogP) is 4.85. The van der Waals surface area contributed by atoms with Crippen molar-refractivity contribution >= 4 is 35.0 Å². The maximum atomic E-state index is 13.2. The van der Waals surface area contributed by atoms with E-state index in [0.29, 0.717) is 11.4 Å². The Morgan fingerprint density at radius 1 is 1.07 bits per heavy atom. The molecule has 0 spiro atoms. The smallest absolute Gasteiger partial charge is 0.238 e. The number of nitrogens with one attached hydrogen (secondary N) is 2. The third-order valence-electron chi connectivity index (χ3n) is 4.49. The Morgan fingerprint density at radius 2 is 1.90 bits per heavy atom. The molecule has 5 nitrogen and oxygen atoms in total. The van der Waals surface area contributed by atoms with E-state index in [0.717, 1.165) is 16.1 Å². The van der Waals surface area contributed by atoms with Crippen molar-refractivity contribution in [2.45, 2.75) is 23.2 Å².